The van der Waals surface area contributed by atoms with Crippen LogP contribution in [-0.4, -0.2) is 18.1 Å². The lowest BCUT2D eigenvalue weighted by atomic mass is 10.1. The van der Waals surface area contributed by atoms with E-state index in [0.717, 1.165) is 15.6 Å². The molecular weight excluding hydrogens is 512 g/mol. The molecule has 162 valence electrons. The zero-order valence-corrected chi connectivity index (χ0v) is 20.1. The second-order valence-electron chi connectivity index (χ2n) is 6.90. The maximum Gasteiger partial charge on any atom is 0.281 e. The number of para-hydroxylation sites is 1. The molecule has 0 bridgehead atoms. The standard InChI is InChI=1S/C24H18BrClN2O3S/c1-30-21-9-7-15(11-16(21)14-31-22-10-8-17(25)13-19(22)26)12-20-23(29)28(24(32)27-20)18-5-3-2-4-6-18/h2-13H,14H2,1H3,(H,27,32)/b20-12+. The molecule has 0 saturated carbocycles. The molecule has 0 unspecified atom stereocenters. The molecule has 0 atom stereocenters. The van der Waals surface area contributed by atoms with Crippen molar-refractivity contribution >= 4 is 62.5 Å². The smallest absolute Gasteiger partial charge is 0.281 e. The Morgan fingerprint density at radius 3 is 2.56 bits per heavy atom. The van der Waals surface area contributed by atoms with E-state index in [1.807, 2.05) is 54.6 Å². The SMILES string of the molecule is COc1ccc(/C=C2/NC(=S)N(c3ccccc3)C2=O)cc1COc1ccc(Br)cc1Cl. The van der Waals surface area contributed by atoms with Crippen molar-refractivity contribution in [3.05, 3.63) is 93.0 Å². The molecule has 3 aromatic carbocycles. The molecule has 0 aromatic heterocycles. The van der Waals surface area contributed by atoms with Gasteiger partial charge in [-0.3, -0.25) is 9.69 Å². The van der Waals surface area contributed by atoms with Gasteiger partial charge < -0.3 is 14.8 Å². The summed E-state index contributed by atoms with van der Waals surface area (Å²) < 4.78 is 12.2. The summed E-state index contributed by atoms with van der Waals surface area (Å²) in [5.41, 5.74) is 2.73. The van der Waals surface area contributed by atoms with Crippen LogP contribution in [0.5, 0.6) is 11.5 Å². The van der Waals surface area contributed by atoms with Gasteiger partial charge in [-0.2, -0.15) is 0 Å². The number of amides is 1. The molecular formula is C24H18BrClN2O3S. The van der Waals surface area contributed by atoms with Crippen LogP contribution in [0.4, 0.5) is 5.69 Å². The van der Waals surface area contributed by atoms with Crippen molar-refractivity contribution in [3.8, 4) is 11.5 Å². The van der Waals surface area contributed by atoms with E-state index >= 15 is 0 Å². The Morgan fingerprint density at radius 2 is 1.84 bits per heavy atom. The zero-order valence-electron chi connectivity index (χ0n) is 17.0. The maximum atomic E-state index is 12.9. The molecule has 5 nitrogen and oxygen atoms in total. The summed E-state index contributed by atoms with van der Waals surface area (Å²) in [5.74, 6) is 1.03. The molecule has 1 amide bonds. The second-order valence-corrected chi connectivity index (χ2v) is 8.61. The largest absolute Gasteiger partial charge is 0.496 e. The molecule has 1 aliphatic rings. The van der Waals surface area contributed by atoms with Crippen LogP contribution < -0.4 is 19.7 Å². The molecule has 1 heterocycles. The van der Waals surface area contributed by atoms with Gasteiger partial charge >= 0.3 is 0 Å². The molecule has 3 aromatic rings. The van der Waals surface area contributed by atoms with Gasteiger partial charge in [-0.15, -0.1) is 0 Å². The van der Waals surface area contributed by atoms with Crippen molar-refractivity contribution in [1.82, 2.24) is 5.32 Å². The molecule has 0 radical (unpaired) electrons. The van der Waals surface area contributed by atoms with Gasteiger partial charge in [0.15, 0.2) is 5.11 Å². The van der Waals surface area contributed by atoms with Crippen LogP contribution in [0.1, 0.15) is 11.1 Å². The van der Waals surface area contributed by atoms with Gasteiger partial charge in [0.2, 0.25) is 0 Å². The summed E-state index contributed by atoms with van der Waals surface area (Å²) >= 11 is 15.0. The third-order valence-corrected chi connectivity index (χ3v) is 5.86. The van der Waals surface area contributed by atoms with Gasteiger partial charge in [-0.25, -0.2) is 0 Å². The number of carbonyl (C=O) groups is 1. The highest BCUT2D eigenvalue weighted by atomic mass is 79.9. The van der Waals surface area contributed by atoms with Crippen LogP contribution >= 0.6 is 39.7 Å². The van der Waals surface area contributed by atoms with Gasteiger partial charge in [0.25, 0.3) is 5.91 Å². The predicted molar refractivity (Wildman–Crippen MR) is 134 cm³/mol. The van der Waals surface area contributed by atoms with Crippen LogP contribution in [0.2, 0.25) is 5.02 Å². The van der Waals surface area contributed by atoms with Crippen LogP contribution in [0, 0.1) is 0 Å². The number of ether oxygens (including phenoxy) is 2. The van der Waals surface area contributed by atoms with Gasteiger partial charge in [0.05, 0.1) is 17.8 Å². The highest BCUT2D eigenvalue weighted by Crippen LogP contribution is 2.30. The summed E-state index contributed by atoms with van der Waals surface area (Å²) in [5, 5.41) is 3.85. The fraction of sp³-hybridized carbons (Fsp3) is 0.0833. The number of hydrogen-bond donors (Lipinski definition) is 1. The molecule has 1 N–H and O–H groups in total. The topological polar surface area (TPSA) is 50.8 Å². The predicted octanol–water partition coefficient (Wildman–Crippen LogP) is 5.95. The van der Waals surface area contributed by atoms with Gasteiger partial charge in [-0.1, -0.05) is 51.8 Å². The summed E-state index contributed by atoms with van der Waals surface area (Å²) in [6, 6.07) is 20.3. The fourth-order valence-electron chi connectivity index (χ4n) is 3.26. The monoisotopic (exact) mass is 528 g/mol. The minimum atomic E-state index is -0.212. The van der Waals surface area contributed by atoms with Gasteiger partial charge in [0.1, 0.15) is 23.8 Å². The summed E-state index contributed by atoms with van der Waals surface area (Å²) in [7, 11) is 1.60. The van der Waals surface area contributed by atoms with E-state index in [-0.39, 0.29) is 12.5 Å². The van der Waals surface area contributed by atoms with Crippen LogP contribution in [0.25, 0.3) is 6.08 Å². The third-order valence-electron chi connectivity index (χ3n) is 4.79. The first kappa shape index (κ1) is 22.3. The highest BCUT2D eigenvalue weighted by molar-refractivity contribution is 9.10. The molecule has 1 saturated heterocycles. The van der Waals surface area contributed by atoms with Crippen molar-refractivity contribution in [3.63, 3.8) is 0 Å². The number of rotatable bonds is 6. The van der Waals surface area contributed by atoms with Gasteiger partial charge in [-0.05, 0) is 66.3 Å². The van der Waals surface area contributed by atoms with Gasteiger partial charge in [0, 0.05) is 10.0 Å². The Labute approximate surface area is 204 Å². The number of methoxy groups -OCH3 is 1. The van der Waals surface area contributed by atoms with E-state index in [4.69, 9.17) is 33.3 Å². The first-order valence-corrected chi connectivity index (χ1v) is 11.2. The first-order valence-electron chi connectivity index (χ1n) is 9.63. The lowest BCUT2D eigenvalue weighted by molar-refractivity contribution is -0.113. The van der Waals surface area contributed by atoms with Crippen LogP contribution in [-0.2, 0) is 11.4 Å². The van der Waals surface area contributed by atoms with E-state index < -0.39 is 0 Å². The lowest BCUT2D eigenvalue weighted by Gasteiger charge is -2.13. The van der Waals surface area contributed by atoms with Crippen molar-refractivity contribution in [2.45, 2.75) is 6.61 Å². The number of nitrogens with one attached hydrogen (secondary N) is 1. The molecule has 1 fully saturated rings. The Kier molecular flexibility index (Phi) is 6.79. The van der Waals surface area contributed by atoms with E-state index in [0.29, 0.717) is 33.0 Å². The summed E-state index contributed by atoms with van der Waals surface area (Å²) in [6.07, 6.45) is 1.76. The number of carbonyl (C=O) groups excluding carboxylic acids is 1. The normalized spacial score (nSPS) is 14.6. The lowest BCUT2D eigenvalue weighted by Crippen LogP contribution is -2.30. The molecule has 1 aliphatic heterocycles. The molecule has 0 aliphatic carbocycles. The van der Waals surface area contributed by atoms with Crippen molar-refractivity contribution in [2.75, 3.05) is 12.0 Å². The molecule has 0 spiro atoms. The van der Waals surface area contributed by atoms with Crippen LogP contribution in [0.15, 0.2) is 76.9 Å². The number of halogens is 2. The average Bonchev–Trinajstić information content (AvgIpc) is 3.06. The summed E-state index contributed by atoms with van der Waals surface area (Å²) in [4.78, 5) is 14.4. The Morgan fingerprint density at radius 1 is 1.09 bits per heavy atom. The molecule has 8 heteroatoms. The van der Waals surface area contributed by atoms with E-state index in [1.54, 1.807) is 25.3 Å². The fourth-order valence-corrected chi connectivity index (χ4v) is 4.29. The number of benzene rings is 3. The maximum absolute atomic E-state index is 12.9. The minimum Gasteiger partial charge on any atom is -0.496 e. The number of thiocarbonyl (C=S) groups is 1. The van der Waals surface area contributed by atoms with Crippen molar-refractivity contribution < 1.29 is 14.3 Å². The first-order chi connectivity index (χ1) is 15.5. The van der Waals surface area contributed by atoms with E-state index in [1.165, 1.54) is 4.90 Å². The van der Waals surface area contributed by atoms with Crippen LogP contribution in [0.3, 0.4) is 0 Å². The molecule has 32 heavy (non-hydrogen) atoms. The number of nitrogens with zero attached hydrogens (tertiary/aromatic N) is 1. The minimum absolute atomic E-state index is 0.212. The molecule has 4 rings (SSSR count). The Balaban J connectivity index is 1.57. The zero-order chi connectivity index (χ0) is 22.7. The Hall–Kier alpha value is -2.87. The van der Waals surface area contributed by atoms with Crippen molar-refractivity contribution in [2.24, 2.45) is 0 Å². The van der Waals surface area contributed by atoms with E-state index in [9.17, 15) is 4.79 Å². The average molecular weight is 530 g/mol. The Bertz CT molecular complexity index is 1220. The highest BCUT2D eigenvalue weighted by Gasteiger charge is 2.31. The summed E-state index contributed by atoms with van der Waals surface area (Å²) in [6.45, 7) is 0.247. The van der Waals surface area contributed by atoms with E-state index in [2.05, 4.69) is 21.2 Å². The van der Waals surface area contributed by atoms with Crippen molar-refractivity contribution in [1.29, 1.82) is 0 Å². The quantitative estimate of drug-likeness (QED) is 0.316. The number of anilines is 1. The third kappa shape index (κ3) is 4.80. The second kappa shape index (κ2) is 9.73. The number of hydrogen-bond acceptors (Lipinski definition) is 4.